The second-order valence-corrected chi connectivity index (χ2v) is 8.95. The molecule has 1 amide bonds. The van der Waals surface area contributed by atoms with Gasteiger partial charge >= 0.3 is 0 Å². The number of hydrogen-bond donors (Lipinski definition) is 0. The first kappa shape index (κ1) is 19.9. The maximum absolute atomic E-state index is 13.0. The van der Waals surface area contributed by atoms with Crippen LogP contribution in [0.4, 0.5) is 0 Å². The van der Waals surface area contributed by atoms with Crippen molar-refractivity contribution in [3.8, 4) is 0 Å². The molecule has 1 aromatic rings. The maximum Gasteiger partial charge on any atom is 0.225 e. The van der Waals surface area contributed by atoms with E-state index in [9.17, 15) is 4.79 Å². The Hall–Kier alpha value is -1.39. The molecule has 1 aromatic carbocycles. The fraction of sp³-hybridized carbons (Fsp3) is 0.708. The van der Waals surface area contributed by atoms with Crippen LogP contribution in [0, 0.1) is 12.8 Å². The third kappa shape index (κ3) is 4.96. The summed E-state index contributed by atoms with van der Waals surface area (Å²) in [5, 5.41) is 0. The monoisotopic (exact) mass is 385 g/mol. The minimum absolute atomic E-state index is 0.207. The fourth-order valence-electron chi connectivity index (χ4n) is 5.03. The largest absolute Gasteiger partial charge is 0.376 e. The summed E-state index contributed by atoms with van der Waals surface area (Å²) in [6.07, 6.45) is 9.09. The van der Waals surface area contributed by atoms with E-state index in [2.05, 4.69) is 36.1 Å². The average molecular weight is 386 g/mol. The average Bonchev–Trinajstić information content (AvgIpc) is 3.27. The van der Waals surface area contributed by atoms with Gasteiger partial charge in [-0.15, -0.1) is 0 Å². The molecule has 2 aliphatic heterocycles. The number of rotatable bonds is 5. The summed E-state index contributed by atoms with van der Waals surface area (Å²) in [4.78, 5) is 15.1. The number of benzene rings is 1. The van der Waals surface area contributed by atoms with E-state index in [1.165, 1.54) is 11.1 Å². The van der Waals surface area contributed by atoms with Crippen LogP contribution in [0.2, 0.25) is 0 Å². The molecule has 0 bridgehead atoms. The number of hydrogen-bond acceptors (Lipinski definition) is 3. The fourth-order valence-corrected chi connectivity index (χ4v) is 5.03. The van der Waals surface area contributed by atoms with Gasteiger partial charge in [-0.05, 0) is 69.8 Å². The van der Waals surface area contributed by atoms with Crippen LogP contribution in [0.5, 0.6) is 0 Å². The van der Waals surface area contributed by atoms with Crippen LogP contribution in [0.25, 0.3) is 0 Å². The van der Waals surface area contributed by atoms with Crippen molar-refractivity contribution in [2.24, 2.45) is 5.92 Å². The molecule has 3 fully saturated rings. The number of carbonyl (C=O) groups is 1. The standard InChI is InChI=1S/C24H35NO3/c1-18-4-6-19(7-5-18)20-12-14-25(15-13-20)24(26)21-8-10-22(11-9-21)28-17-23-3-2-16-27-23/h4-7,20-23H,2-3,8-17H2,1H3. The van der Waals surface area contributed by atoms with Crippen LogP contribution in [-0.2, 0) is 14.3 Å². The Morgan fingerprint density at radius 2 is 1.75 bits per heavy atom. The van der Waals surface area contributed by atoms with E-state index in [1.807, 2.05) is 0 Å². The Balaban J connectivity index is 1.19. The highest BCUT2D eigenvalue weighted by Crippen LogP contribution is 2.32. The van der Waals surface area contributed by atoms with Crippen molar-refractivity contribution in [2.75, 3.05) is 26.3 Å². The summed E-state index contributed by atoms with van der Waals surface area (Å²) in [5.41, 5.74) is 2.74. The number of ether oxygens (including phenoxy) is 2. The molecule has 2 saturated heterocycles. The Labute approximate surface area is 169 Å². The minimum Gasteiger partial charge on any atom is -0.376 e. The van der Waals surface area contributed by atoms with Gasteiger partial charge in [-0.1, -0.05) is 29.8 Å². The molecule has 4 heteroatoms. The third-order valence-electron chi connectivity index (χ3n) is 6.92. The van der Waals surface area contributed by atoms with Gasteiger partial charge in [0.25, 0.3) is 0 Å². The number of carbonyl (C=O) groups excluding carboxylic acids is 1. The number of aryl methyl sites for hydroxylation is 1. The molecule has 4 nitrogen and oxygen atoms in total. The SMILES string of the molecule is Cc1ccc(C2CCN(C(=O)C3CCC(OCC4CCCO4)CC3)CC2)cc1. The molecule has 1 unspecified atom stereocenters. The Kier molecular flexibility index (Phi) is 6.69. The van der Waals surface area contributed by atoms with Gasteiger partial charge < -0.3 is 14.4 Å². The second-order valence-electron chi connectivity index (χ2n) is 8.95. The molecule has 3 aliphatic rings. The molecular weight excluding hydrogens is 350 g/mol. The molecule has 0 radical (unpaired) electrons. The predicted octanol–water partition coefficient (Wildman–Crippen LogP) is 4.46. The van der Waals surface area contributed by atoms with E-state index < -0.39 is 0 Å². The zero-order chi connectivity index (χ0) is 19.3. The molecule has 0 aromatic heterocycles. The molecule has 1 saturated carbocycles. The van der Waals surface area contributed by atoms with Crippen molar-refractivity contribution in [3.05, 3.63) is 35.4 Å². The van der Waals surface area contributed by atoms with E-state index >= 15 is 0 Å². The molecule has 0 spiro atoms. The van der Waals surface area contributed by atoms with Crippen LogP contribution >= 0.6 is 0 Å². The van der Waals surface area contributed by atoms with E-state index in [0.29, 0.717) is 24.0 Å². The highest BCUT2D eigenvalue weighted by Gasteiger charge is 2.32. The van der Waals surface area contributed by atoms with Crippen molar-refractivity contribution in [2.45, 2.75) is 76.4 Å². The second kappa shape index (κ2) is 9.41. The van der Waals surface area contributed by atoms with Crippen molar-refractivity contribution in [3.63, 3.8) is 0 Å². The van der Waals surface area contributed by atoms with E-state index in [4.69, 9.17) is 9.47 Å². The zero-order valence-corrected chi connectivity index (χ0v) is 17.3. The first-order chi connectivity index (χ1) is 13.7. The topological polar surface area (TPSA) is 38.8 Å². The Morgan fingerprint density at radius 1 is 1.04 bits per heavy atom. The van der Waals surface area contributed by atoms with E-state index in [0.717, 1.165) is 77.7 Å². The van der Waals surface area contributed by atoms with Crippen molar-refractivity contribution < 1.29 is 14.3 Å². The van der Waals surface area contributed by atoms with Gasteiger partial charge in [0.2, 0.25) is 5.91 Å². The normalized spacial score (nSPS) is 29.2. The predicted molar refractivity (Wildman–Crippen MR) is 110 cm³/mol. The Morgan fingerprint density at radius 3 is 2.39 bits per heavy atom. The van der Waals surface area contributed by atoms with Gasteiger partial charge in [-0.2, -0.15) is 0 Å². The van der Waals surface area contributed by atoms with Gasteiger partial charge in [0.15, 0.2) is 0 Å². The molecular formula is C24H35NO3. The minimum atomic E-state index is 0.207. The summed E-state index contributed by atoms with van der Waals surface area (Å²) in [5.74, 6) is 1.20. The summed E-state index contributed by atoms with van der Waals surface area (Å²) in [6, 6.07) is 8.92. The smallest absolute Gasteiger partial charge is 0.225 e. The van der Waals surface area contributed by atoms with Crippen LogP contribution in [-0.4, -0.2) is 49.3 Å². The Bertz CT molecular complexity index is 622. The van der Waals surface area contributed by atoms with Gasteiger partial charge in [0.1, 0.15) is 0 Å². The van der Waals surface area contributed by atoms with Crippen LogP contribution in [0.3, 0.4) is 0 Å². The van der Waals surface area contributed by atoms with Crippen molar-refractivity contribution in [1.29, 1.82) is 0 Å². The van der Waals surface area contributed by atoms with Crippen LogP contribution in [0.15, 0.2) is 24.3 Å². The van der Waals surface area contributed by atoms with Gasteiger partial charge in [-0.25, -0.2) is 0 Å². The molecule has 0 N–H and O–H groups in total. The molecule has 1 atom stereocenters. The lowest BCUT2D eigenvalue weighted by molar-refractivity contribution is -0.139. The van der Waals surface area contributed by atoms with Gasteiger partial charge in [-0.3, -0.25) is 4.79 Å². The highest BCUT2D eigenvalue weighted by molar-refractivity contribution is 5.79. The van der Waals surface area contributed by atoms with Crippen LogP contribution < -0.4 is 0 Å². The number of piperidine rings is 1. The lowest BCUT2D eigenvalue weighted by Gasteiger charge is -2.36. The number of nitrogens with zero attached hydrogens (tertiary/aromatic N) is 1. The first-order valence-corrected chi connectivity index (χ1v) is 11.3. The lowest BCUT2D eigenvalue weighted by Crippen LogP contribution is -2.42. The molecule has 4 rings (SSSR count). The number of amides is 1. The zero-order valence-electron chi connectivity index (χ0n) is 17.3. The molecule has 28 heavy (non-hydrogen) atoms. The molecule has 1 aliphatic carbocycles. The summed E-state index contributed by atoms with van der Waals surface area (Å²) in [6.45, 7) is 5.57. The van der Waals surface area contributed by atoms with Crippen molar-refractivity contribution >= 4 is 5.91 Å². The third-order valence-corrected chi connectivity index (χ3v) is 6.92. The summed E-state index contributed by atoms with van der Waals surface area (Å²) < 4.78 is 11.7. The molecule has 2 heterocycles. The first-order valence-electron chi connectivity index (χ1n) is 11.3. The molecule has 154 valence electrons. The lowest BCUT2D eigenvalue weighted by atomic mass is 9.84. The quantitative estimate of drug-likeness (QED) is 0.751. The van der Waals surface area contributed by atoms with Gasteiger partial charge in [0, 0.05) is 25.6 Å². The van der Waals surface area contributed by atoms with Gasteiger partial charge in [0.05, 0.1) is 18.8 Å². The van der Waals surface area contributed by atoms with E-state index in [1.54, 1.807) is 0 Å². The van der Waals surface area contributed by atoms with E-state index in [-0.39, 0.29) is 5.92 Å². The maximum atomic E-state index is 13.0. The summed E-state index contributed by atoms with van der Waals surface area (Å²) in [7, 11) is 0. The van der Waals surface area contributed by atoms with Crippen molar-refractivity contribution in [1.82, 2.24) is 4.90 Å². The number of likely N-dealkylation sites (tertiary alicyclic amines) is 1. The summed E-state index contributed by atoms with van der Waals surface area (Å²) >= 11 is 0. The van der Waals surface area contributed by atoms with Crippen LogP contribution in [0.1, 0.15) is 68.4 Å². The highest BCUT2D eigenvalue weighted by atomic mass is 16.5.